The third-order valence-corrected chi connectivity index (χ3v) is 13.6. The number of aromatic amines is 1. The second kappa shape index (κ2) is 20.2. The van der Waals surface area contributed by atoms with Gasteiger partial charge in [0.05, 0.1) is 29.1 Å². The smallest absolute Gasteiger partial charge is 0.432 e. The van der Waals surface area contributed by atoms with E-state index in [9.17, 15) is 38.6 Å². The minimum atomic E-state index is -4.90. The molecular formula is C41H49FN5O13PS. The first-order chi connectivity index (χ1) is 29.6. The average Bonchev–Trinajstić information content (AvgIpc) is 3.97. The molecule has 6 atom stereocenters. The number of likely N-dealkylation sites (tertiary alicyclic amines) is 1. The van der Waals surface area contributed by atoms with E-state index >= 15 is 4.39 Å². The zero-order valence-electron chi connectivity index (χ0n) is 34.6. The van der Waals surface area contributed by atoms with Gasteiger partial charge in [-0.1, -0.05) is 18.9 Å². The fourth-order valence-electron chi connectivity index (χ4n) is 7.91. The number of nitriles is 1. The van der Waals surface area contributed by atoms with Crippen LogP contribution in [0, 0.1) is 17.2 Å². The Morgan fingerprint density at radius 1 is 0.935 bits per heavy atom. The molecule has 0 aliphatic carbocycles. The standard InChI is InChI=1S/C41H49FN5O13PS/c1-23(2)59-40(52)55-21-57-61(54,58-22-56-41(53)60-24(3)4)36(42)26-9-12-33-27(15-26)16-34(62-33)37(49)45-31-8-6-5-7-29-10-11-32(47(29)38(31)50)39(51)46-19-28(18-43)30(20-46)25-13-14-44-35(48)17-25/h9,12-17,23-24,28-32,36H,5-8,10-11,19-22H2,1-4H3,(H,44,48)(H,45,49)/t28-,29+,30+,31+,32+,36?/m1/s1. The predicted molar refractivity (Wildman–Crippen MR) is 219 cm³/mol. The zero-order chi connectivity index (χ0) is 44.7. The molecule has 5 heterocycles. The number of H-pyrrole nitrogens is 1. The number of benzene rings is 1. The highest BCUT2D eigenvalue weighted by molar-refractivity contribution is 7.54. The van der Waals surface area contributed by atoms with Crippen LogP contribution in [-0.2, 0) is 42.1 Å². The molecule has 3 saturated heterocycles. The van der Waals surface area contributed by atoms with Gasteiger partial charge >= 0.3 is 19.9 Å². The van der Waals surface area contributed by atoms with Crippen molar-refractivity contribution < 1.29 is 60.9 Å². The number of amides is 3. The van der Waals surface area contributed by atoms with Crippen LogP contribution in [0.25, 0.3) is 10.1 Å². The van der Waals surface area contributed by atoms with Gasteiger partial charge in [-0.2, -0.15) is 5.26 Å². The summed E-state index contributed by atoms with van der Waals surface area (Å²) < 4.78 is 59.9. The maximum Gasteiger partial charge on any atom is 0.510 e. The number of hydrogen-bond acceptors (Lipinski definition) is 15. The molecule has 2 N–H and O–H groups in total. The minimum Gasteiger partial charge on any atom is -0.432 e. The topological polar surface area (TPSA) is 233 Å². The lowest BCUT2D eigenvalue weighted by Gasteiger charge is -2.36. The molecule has 21 heteroatoms. The van der Waals surface area contributed by atoms with Gasteiger partial charge in [-0.3, -0.25) is 32.8 Å². The quantitative estimate of drug-likeness (QED) is 0.0984. The molecule has 3 fully saturated rings. The normalized spacial score (nSPS) is 22.1. The number of thiophene rings is 1. The summed E-state index contributed by atoms with van der Waals surface area (Å²) >= 11 is 1.08. The molecule has 1 unspecified atom stereocenters. The van der Waals surface area contributed by atoms with Crippen molar-refractivity contribution in [3.63, 3.8) is 0 Å². The molecule has 0 radical (unpaired) electrons. The van der Waals surface area contributed by atoms with Crippen LogP contribution in [0.2, 0.25) is 0 Å². The maximum atomic E-state index is 16.2. The van der Waals surface area contributed by atoms with Crippen molar-refractivity contribution in [2.45, 2.75) is 108 Å². The Hall–Kier alpha value is -5.35. The Kier molecular flexibility index (Phi) is 15.1. The van der Waals surface area contributed by atoms with E-state index in [2.05, 4.69) is 16.4 Å². The first kappa shape index (κ1) is 46.2. The van der Waals surface area contributed by atoms with Gasteiger partial charge in [-0.25, -0.2) is 14.0 Å². The molecule has 3 aliphatic heterocycles. The van der Waals surface area contributed by atoms with Gasteiger partial charge in [0.15, 0.2) is 0 Å². The molecule has 1 aromatic carbocycles. The lowest BCUT2D eigenvalue weighted by atomic mass is 9.91. The number of pyridine rings is 1. The summed E-state index contributed by atoms with van der Waals surface area (Å²) in [4.78, 5) is 84.0. The molecule has 3 aromatic rings. The van der Waals surface area contributed by atoms with Crippen molar-refractivity contribution in [1.29, 1.82) is 5.26 Å². The Morgan fingerprint density at radius 3 is 2.26 bits per heavy atom. The third kappa shape index (κ3) is 11.0. The highest BCUT2D eigenvalue weighted by atomic mass is 32.1. The van der Waals surface area contributed by atoms with Crippen molar-refractivity contribution in [2.24, 2.45) is 5.92 Å². The first-order valence-electron chi connectivity index (χ1n) is 20.3. The Morgan fingerprint density at radius 2 is 1.61 bits per heavy atom. The van der Waals surface area contributed by atoms with E-state index in [0.29, 0.717) is 47.8 Å². The number of alkyl halides is 1. The van der Waals surface area contributed by atoms with Crippen LogP contribution < -0.4 is 10.9 Å². The maximum absolute atomic E-state index is 16.2. The van der Waals surface area contributed by atoms with Crippen molar-refractivity contribution in [3.05, 3.63) is 69.0 Å². The fraction of sp³-hybridized carbons (Fsp3) is 0.537. The van der Waals surface area contributed by atoms with Gasteiger partial charge in [0.25, 0.3) is 5.91 Å². The number of nitrogens with one attached hydrogen (secondary N) is 2. The lowest BCUT2D eigenvalue weighted by molar-refractivity contribution is -0.146. The lowest BCUT2D eigenvalue weighted by Crippen LogP contribution is -2.56. The molecule has 6 rings (SSSR count). The average molecular weight is 902 g/mol. The van der Waals surface area contributed by atoms with Crippen LogP contribution in [0.15, 0.2) is 47.4 Å². The van der Waals surface area contributed by atoms with E-state index in [1.54, 1.807) is 43.6 Å². The number of rotatable bonds is 14. The van der Waals surface area contributed by atoms with Gasteiger partial charge < -0.3 is 39.0 Å². The molecule has 62 heavy (non-hydrogen) atoms. The monoisotopic (exact) mass is 901 g/mol. The molecule has 3 amide bonds. The van der Waals surface area contributed by atoms with E-state index < -0.39 is 75.5 Å². The minimum absolute atomic E-state index is 0.164. The van der Waals surface area contributed by atoms with Crippen LogP contribution in [0.1, 0.15) is 98.8 Å². The van der Waals surface area contributed by atoms with E-state index in [0.717, 1.165) is 17.8 Å². The second-order valence-electron chi connectivity index (χ2n) is 15.8. The van der Waals surface area contributed by atoms with Crippen LogP contribution >= 0.6 is 18.9 Å². The molecule has 18 nitrogen and oxygen atoms in total. The molecule has 2 aromatic heterocycles. The van der Waals surface area contributed by atoms with Gasteiger partial charge in [0, 0.05) is 42.0 Å². The number of fused-ring (bicyclic) bond motifs is 2. The summed E-state index contributed by atoms with van der Waals surface area (Å²) in [7, 11) is -4.90. The largest absolute Gasteiger partial charge is 0.510 e. The SMILES string of the molecule is CC(C)OC(=O)OCOP(=O)(OCOC(=O)OC(C)C)C(F)c1ccc2sc(C(=O)N[C@H]3CCCC[C@H]4CC[C@@H](C(=O)N5C[C@@H](C#N)[C@H](c6cc[nH]c(=O)c6)C5)N4C3=O)cc2c1. The number of hydrogen-bond donors (Lipinski definition) is 2. The molecule has 3 aliphatic rings. The van der Waals surface area contributed by atoms with Crippen molar-refractivity contribution in [1.82, 2.24) is 20.1 Å². The predicted octanol–water partition coefficient (Wildman–Crippen LogP) is 6.62. The summed E-state index contributed by atoms with van der Waals surface area (Å²) in [5.74, 6) is -4.59. The summed E-state index contributed by atoms with van der Waals surface area (Å²) in [6.07, 6.45) is 1.61. The Bertz CT molecular complexity index is 2270. The molecule has 0 spiro atoms. The van der Waals surface area contributed by atoms with Crippen LogP contribution in [0.3, 0.4) is 0 Å². The van der Waals surface area contributed by atoms with Gasteiger partial charge in [0.2, 0.25) is 36.9 Å². The molecule has 334 valence electrons. The van der Waals surface area contributed by atoms with Crippen molar-refractivity contribution >= 4 is 59.1 Å². The number of carbonyl (C=O) groups excluding carboxylic acids is 5. The van der Waals surface area contributed by atoms with Gasteiger partial charge in [-0.15, -0.1) is 11.3 Å². The van der Waals surface area contributed by atoms with E-state index in [1.165, 1.54) is 36.5 Å². The summed E-state index contributed by atoms with van der Waals surface area (Å²) in [6, 6.07) is 9.14. The van der Waals surface area contributed by atoms with Crippen molar-refractivity contribution in [2.75, 3.05) is 26.7 Å². The number of ether oxygens (including phenoxy) is 4. The van der Waals surface area contributed by atoms with Crippen molar-refractivity contribution in [3.8, 4) is 6.07 Å². The van der Waals surface area contributed by atoms with E-state index in [1.807, 2.05) is 0 Å². The Balaban J connectivity index is 1.15. The molecular weight excluding hydrogens is 853 g/mol. The Labute approximate surface area is 360 Å². The molecule has 0 saturated carbocycles. The summed E-state index contributed by atoms with van der Waals surface area (Å²) in [5, 5.41) is 13.2. The van der Waals surface area contributed by atoms with E-state index in [-0.39, 0.29) is 52.9 Å². The van der Waals surface area contributed by atoms with Crippen LogP contribution in [-0.4, -0.2) is 102 Å². The highest BCUT2D eigenvalue weighted by Crippen LogP contribution is 2.62. The number of halogens is 1. The fourth-order valence-corrected chi connectivity index (χ4v) is 10.1. The number of aromatic nitrogens is 1. The number of nitrogens with zero attached hydrogens (tertiary/aromatic N) is 3. The van der Waals surface area contributed by atoms with Crippen LogP contribution in [0.5, 0.6) is 0 Å². The number of carbonyl (C=O) groups is 5. The summed E-state index contributed by atoms with van der Waals surface area (Å²) in [5.41, 5.74) is 0.157. The molecule has 0 bridgehead atoms. The first-order valence-corrected chi connectivity index (χ1v) is 22.7. The summed E-state index contributed by atoms with van der Waals surface area (Å²) in [6.45, 7) is 4.58. The van der Waals surface area contributed by atoms with E-state index in [4.69, 9.17) is 28.0 Å². The zero-order valence-corrected chi connectivity index (χ0v) is 36.3. The van der Waals surface area contributed by atoms with Gasteiger partial charge in [0.1, 0.15) is 12.1 Å². The third-order valence-electron chi connectivity index (χ3n) is 10.7. The highest BCUT2D eigenvalue weighted by Gasteiger charge is 2.47. The second-order valence-corrected chi connectivity index (χ2v) is 18.9. The van der Waals surface area contributed by atoms with Crippen LogP contribution in [0.4, 0.5) is 14.0 Å². The van der Waals surface area contributed by atoms with Gasteiger partial charge in [-0.05, 0) is 94.2 Å².